The average molecular weight is 266 g/mol. The molecular formula is C15H23FN2O. The standard InChI is InChI=1S/C15H23FN2O/c1-15(2,3)17-9-12-13(16)5-4-6-14(12)18-8-7-11(19)10-18/h4-6,11,17,19H,7-10H2,1-3H3. The molecule has 2 rings (SSSR count). The Morgan fingerprint density at radius 3 is 2.74 bits per heavy atom. The molecule has 0 saturated carbocycles. The second-order valence-corrected chi connectivity index (χ2v) is 6.23. The van der Waals surface area contributed by atoms with Gasteiger partial charge in [-0.05, 0) is 39.3 Å². The number of rotatable bonds is 3. The summed E-state index contributed by atoms with van der Waals surface area (Å²) in [6, 6.07) is 5.16. The summed E-state index contributed by atoms with van der Waals surface area (Å²) in [5.41, 5.74) is 1.53. The quantitative estimate of drug-likeness (QED) is 0.881. The van der Waals surface area contributed by atoms with E-state index in [1.807, 2.05) is 6.07 Å². The van der Waals surface area contributed by atoms with Crippen LogP contribution in [0.1, 0.15) is 32.8 Å². The van der Waals surface area contributed by atoms with Crippen LogP contribution in [0.3, 0.4) is 0 Å². The molecule has 1 aliphatic rings. The van der Waals surface area contributed by atoms with E-state index in [9.17, 15) is 9.50 Å². The van der Waals surface area contributed by atoms with Gasteiger partial charge in [0.15, 0.2) is 0 Å². The van der Waals surface area contributed by atoms with Crippen molar-refractivity contribution in [2.75, 3.05) is 18.0 Å². The molecule has 1 fully saturated rings. The lowest BCUT2D eigenvalue weighted by atomic mass is 10.1. The third-order valence-electron chi connectivity index (χ3n) is 3.39. The van der Waals surface area contributed by atoms with Crippen LogP contribution in [0.4, 0.5) is 10.1 Å². The minimum Gasteiger partial charge on any atom is -0.391 e. The summed E-state index contributed by atoms with van der Waals surface area (Å²) in [5, 5.41) is 13.0. The molecule has 0 bridgehead atoms. The maximum atomic E-state index is 14.0. The Labute approximate surface area is 114 Å². The van der Waals surface area contributed by atoms with Crippen molar-refractivity contribution in [3.8, 4) is 0 Å². The van der Waals surface area contributed by atoms with E-state index in [1.54, 1.807) is 6.07 Å². The highest BCUT2D eigenvalue weighted by Gasteiger charge is 2.24. The highest BCUT2D eigenvalue weighted by atomic mass is 19.1. The summed E-state index contributed by atoms with van der Waals surface area (Å²) in [7, 11) is 0. The van der Waals surface area contributed by atoms with Gasteiger partial charge in [-0.25, -0.2) is 4.39 Å². The van der Waals surface area contributed by atoms with Crippen molar-refractivity contribution in [1.82, 2.24) is 5.32 Å². The molecule has 4 heteroatoms. The molecule has 0 spiro atoms. The van der Waals surface area contributed by atoms with Gasteiger partial charge in [0, 0.05) is 36.4 Å². The summed E-state index contributed by atoms with van der Waals surface area (Å²) in [5.74, 6) is -0.185. The Hall–Kier alpha value is -1.13. The second kappa shape index (κ2) is 5.47. The van der Waals surface area contributed by atoms with Gasteiger partial charge in [-0.2, -0.15) is 0 Å². The third-order valence-corrected chi connectivity index (χ3v) is 3.39. The van der Waals surface area contributed by atoms with Crippen LogP contribution in [-0.2, 0) is 6.54 Å². The predicted molar refractivity (Wildman–Crippen MR) is 75.8 cm³/mol. The van der Waals surface area contributed by atoms with Crippen molar-refractivity contribution in [2.45, 2.75) is 45.4 Å². The fourth-order valence-corrected chi connectivity index (χ4v) is 2.33. The molecule has 0 aliphatic carbocycles. The molecule has 0 amide bonds. The van der Waals surface area contributed by atoms with Crippen LogP contribution in [0, 0.1) is 5.82 Å². The molecule has 2 N–H and O–H groups in total. The van der Waals surface area contributed by atoms with Gasteiger partial charge in [0.2, 0.25) is 0 Å². The zero-order valence-corrected chi connectivity index (χ0v) is 11.9. The SMILES string of the molecule is CC(C)(C)NCc1c(F)cccc1N1CCC(O)C1. The van der Waals surface area contributed by atoms with E-state index >= 15 is 0 Å². The molecule has 1 aliphatic heterocycles. The maximum Gasteiger partial charge on any atom is 0.129 e. The van der Waals surface area contributed by atoms with Crippen molar-refractivity contribution in [2.24, 2.45) is 0 Å². The molecule has 1 heterocycles. The molecule has 19 heavy (non-hydrogen) atoms. The number of nitrogens with one attached hydrogen (secondary N) is 1. The lowest BCUT2D eigenvalue weighted by Gasteiger charge is -2.25. The molecule has 1 aromatic carbocycles. The summed E-state index contributed by atoms with van der Waals surface area (Å²) >= 11 is 0. The van der Waals surface area contributed by atoms with E-state index in [1.165, 1.54) is 6.07 Å². The first-order valence-corrected chi connectivity index (χ1v) is 6.82. The molecule has 0 radical (unpaired) electrons. The van der Waals surface area contributed by atoms with Gasteiger partial charge in [0.25, 0.3) is 0 Å². The topological polar surface area (TPSA) is 35.5 Å². The molecule has 1 aromatic rings. The van der Waals surface area contributed by atoms with E-state index in [4.69, 9.17) is 0 Å². The number of β-amino-alcohol motifs (C(OH)–C–C–N with tert-alkyl or cyclic N) is 1. The van der Waals surface area contributed by atoms with E-state index in [-0.39, 0.29) is 17.5 Å². The number of hydrogen-bond donors (Lipinski definition) is 2. The Morgan fingerprint density at radius 1 is 1.42 bits per heavy atom. The van der Waals surface area contributed by atoms with Crippen LogP contribution < -0.4 is 10.2 Å². The first kappa shape index (κ1) is 14.3. The zero-order chi connectivity index (χ0) is 14.0. The number of aliphatic hydroxyl groups is 1. The van der Waals surface area contributed by atoms with Crippen molar-refractivity contribution in [1.29, 1.82) is 0 Å². The number of aliphatic hydroxyl groups excluding tert-OH is 1. The van der Waals surface area contributed by atoms with Crippen LogP contribution >= 0.6 is 0 Å². The summed E-state index contributed by atoms with van der Waals surface area (Å²) < 4.78 is 14.0. The first-order valence-electron chi connectivity index (χ1n) is 6.82. The van der Waals surface area contributed by atoms with Gasteiger partial charge in [-0.15, -0.1) is 0 Å². The fourth-order valence-electron chi connectivity index (χ4n) is 2.33. The number of halogens is 1. The third kappa shape index (κ3) is 3.67. The minimum absolute atomic E-state index is 0.0515. The largest absolute Gasteiger partial charge is 0.391 e. The minimum atomic E-state index is -0.299. The summed E-state index contributed by atoms with van der Waals surface area (Å²) in [6.45, 7) is 8.06. The molecule has 0 aromatic heterocycles. The van der Waals surface area contributed by atoms with Gasteiger partial charge >= 0.3 is 0 Å². The number of anilines is 1. The van der Waals surface area contributed by atoms with E-state index in [2.05, 4.69) is 31.0 Å². The Kier molecular flexibility index (Phi) is 4.11. The fraction of sp³-hybridized carbons (Fsp3) is 0.600. The Morgan fingerprint density at radius 2 is 2.16 bits per heavy atom. The zero-order valence-electron chi connectivity index (χ0n) is 11.9. The lowest BCUT2D eigenvalue weighted by molar-refractivity contribution is 0.198. The number of nitrogens with zero attached hydrogens (tertiary/aromatic N) is 1. The Bertz CT molecular complexity index is 442. The van der Waals surface area contributed by atoms with Crippen LogP contribution in [0.2, 0.25) is 0 Å². The van der Waals surface area contributed by atoms with Crippen molar-refractivity contribution < 1.29 is 9.50 Å². The van der Waals surface area contributed by atoms with Gasteiger partial charge in [-0.3, -0.25) is 0 Å². The second-order valence-electron chi connectivity index (χ2n) is 6.23. The highest BCUT2D eigenvalue weighted by molar-refractivity contribution is 5.55. The van der Waals surface area contributed by atoms with Crippen LogP contribution in [-0.4, -0.2) is 29.8 Å². The number of benzene rings is 1. The van der Waals surface area contributed by atoms with Gasteiger partial charge in [0.05, 0.1) is 6.10 Å². The summed E-state index contributed by atoms with van der Waals surface area (Å²) in [6.07, 6.45) is 0.453. The molecular weight excluding hydrogens is 243 g/mol. The molecule has 1 saturated heterocycles. The smallest absolute Gasteiger partial charge is 0.129 e. The van der Waals surface area contributed by atoms with Crippen molar-refractivity contribution >= 4 is 5.69 Å². The van der Waals surface area contributed by atoms with Gasteiger partial charge < -0.3 is 15.3 Å². The average Bonchev–Trinajstić information content (AvgIpc) is 2.72. The van der Waals surface area contributed by atoms with Gasteiger partial charge in [-0.1, -0.05) is 6.07 Å². The Balaban J connectivity index is 2.21. The lowest BCUT2D eigenvalue weighted by Crippen LogP contribution is -2.36. The predicted octanol–water partition coefficient (Wildman–Crippen LogP) is 2.28. The van der Waals surface area contributed by atoms with Crippen molar-refractivity contribution in [3.05, 3.63) is 29.6 Å². The monoisotopic (exact) mass is 266 g/mol. The molecule has 106 valence electrons. The van der Waals surface area contributed by atoms with E-state index in [0.717, 1.165) is 18.7 Å². The molecule has 1 unspecified atom stereocenters. The van der Waals surface area contributed by atoms with E-state index < -0.39 is 0 Å². The van der Waals surface area contributed by atoms with Crippen LogP contribution in [0.25, 0.3) is 0 Å². The number of hydrogen-bond acceptors (Lipinski definition) is 3. The highest BCUT2D eigenvalue weighted by Crippen LogP contribution is 2.27. The van der Waals surface area contributed by atoms with Crippen molar-refractivity contribution in [3.63, 3.8) is 0 Å². The maximum absolute atomic E-state index is 14.0. The van der Waals surface area contributed by atoms with Crippen LogP contribution in [0.15, 0.2) is 18.2 Å². The normalized spacial score (nSPS) is 20.1. The first-order chi connectivity index (χ1) is 8.87. The molecule has 1 atom stereocenters. The summed E-state index contributed by atoms with van der Waals surface area (Å²) in [4.78, 5) is 2.06. The van der Waals surface area contributed by atoms with Crippen LogP contribution in [0.5, 0.6) is 0 Å². The van der Waals surface area contributed by atoms with Gasteiger partial charge in [0.1, 0.15) is 5.82 Å². The molecule has 3 nitrogen and oxygen atoms in total. The van der Waals surface area contributed by atoms with E-state index in [0.29, 0.717) is 18.7 Å².